The van der Waals surface area contributed by atoms with Gasteiger partial charge in [-0.15, -0.1) is 0 Å². The van der Waals surface area contributed by atoms with E-state index in [4.69, 9.17) is 17.3 Å². The fourth-order valence-electron chi connectivity index (χ4n) is 1.37. The summed E-state index contributed by atoms with van der Waals surface area (Å²) < 4.78 is 2.21. The fraction of sp³-hybridized carbons (Fsp3) is 0. The number of hydrogen-bond donors (Lipinski definition) is 2. The molecule has 0 fully saturated rings. The zero-order chi connectivity index (χ0) is 12.4. The second-order valence-corrected chi connectivity index (χ2v) is 6.30. The molecule has 0 bridgehead atoms. The highest BCUT2D eigenvalue weighted by atomic mass is 127. The minimum absolute atomic E-state index is 0.707. The molecule has 3 N–H and O–H groups in total. The Morgan fingerprint density at radius 3 is 2.47 bits per heavy atom. The van der Waals surface area contributed by atoms with Crippen molar-refractivity contribution in [3.63, 3.8) is 0 Å². The van der Waals surface area contributed by atoms with Crippen LogP contribution in [-0.4, -0.2) is 0 Å². The molecular formula is C12H9ClI2N2. The van der Waals surface area contributed by atoms with E-state index in [0.717, 1.165) is 24.2 Å². The van der Waals surface area contributed by atoms with Gasteiger partial charge >= 0.3 is 0 Å². The molecule has 2 nitrogen and oxygen atoms in total. The van der Waals surface area contributed by atoms with Crippen molar-refractivity contribution >= 4 is 73.8 Å². The van der Waals surface area contributed by atoms with Gasteiger partial charge in [-0.3, -0.25) is 0 Å². The molecule has 0 radical (unpaired) electrons. The number of benzene rings is 2. The van der Waals surface area contributed by atoms with E-state index >= 15 is 0 Å². The second-order valence-electron chi connectivity index (χ2n) is 3.49. The summed E-state index contributed by atoms with van der Waals surface area (Å²) in [6.07, 6.45) is 0. The Bertz CT molecular complexity index is 558. The van der Waals surface area contributed by atoms with Crippen LogP contribution in [-0.2, 0) is 0 Å². The Morgan fingerprint density at radius 1 is 1.00 bits per heavy atom. The van der Waals surface area contributed by atoms with Gasteiger partial charge in [-0.2, -0.15) is 0 Å². The van der Waals surface area contributed by atoms with Gasteiger partial charge in [-0.05, 0) is 81.6 Å². The highest BCUT2D eigenvalue weighted by molar-refractivity contribution is 14.1. The summed E-state index contributed by atoms with van der Waals surface area (Å²) in [7, 11) is 0. The van der Waals surface area contributed by atoms with Crippen LogP contribution in [0.15, 0.2) is 36.4 Å². The van der Waals surface area contributed by atoms with Crippen LogP contribution < -0.4 is 11.1 Å². The molecule has 0 saturated carbocycles. The highest BCUT2D eigenvalue weighted by Gasteiger charge is 2.04. The van der Waals surface area contributed by atoms with Crippen LogP contribution >= 0.6 is 56.8 Å². The van der Waals surface area contributed by atoms with Crippen LogP contribution in [0.1, 0.15) is 0 Å². The Morgan fingerprint density at radius 2 is 1.76 bits per heavy atom. The summed E-state index contributed by atoms with van der Waals surface area (Å²) in [6.45, 7) is 0. The minimum Gasteiger partial charge on any atom is -0.399 e. The van der Waals surface area contributed by atoms with Gasteiger partial charge in [-0.25, -0.2) is 0 Å². The van der Waals surface area contributed by atoms with Gasteiger partial charge in [0.05, 0.1) is 16.4 Å². The third kappa shape index (κ3) is 3.38. The largest absolute Gasteiger partial charge is 0.399 e. The Labute approximate surface area is 132 Å². The van der Waals surface area contributed by atoms with Gasteiger partial charge in [0.25, 0.3) is 0 Å². The smallest absolute Gasteiger partial charge is 0.0641 e. The van der Waals surface area contributed by atoms with Gasteiger partial charge in [0, 0.05) is 12.8 Å². The standard InChI is InChI=1S/C12H9ClI2N2/c13-9-3-1-7(14)5-12(9)17-11-4-2-8(16)6-10(11)15/h1-6,17H,16H2. The molecule has 2 aromatic rings. The van der Waals surface area contributed by atoms with Gasteiger partial charge in [0.15, 0.2) is 0 Å². The predicted molar refractivity (Wildman–Crippen MR) is 91.0 cm³/mol. The van der Waals surface area contributed by atoms with Crippen LogP contribution in [0.3, 0.4) is 0 Å². The SMILES string of the molecule is Nc1ccc(Nc2cc(I)ccc2Cl)c(I)c1. The van der Waals surface area contributed by atoms with E-state index in [1.54, 1.807) is 0 Å². The molecule has 5 heteroatoms. The predicted octanol–water partition coefficient (Wildman–Crippen LogP) is 4.88. The zero-order valence-electron chi connectivity index (χ0n) is 8.68. The van der Waals surface area contributed by atoms with Crippen LogP contribution in [0.4, 0.5) is 17.1 Å². The number of anilines is 3. The van der Waals surface area contributed by atoms with E-state index < -0.39 is 0 Å². The number of nitrogens with two attached hydrogens (primary N) is 1. The van der Waals surface area contributed by atoms with Crippen molar-refractivity contribution in [3.05, 3.63) is 48.6 Å². The highest BCUT2D eigenvalue weighted by Crippen LogP contribution is 2.30. The molecular weight excluding hydrogens is 461 g/mol. The molecule has 0 heterocycles. The quantitative estimate of drug-likeness (QED) is 0.485. The van der Waals surface area contributed by atoms with Gasteiger partial charge in [-0.1, -0.05) is 11.6 Å². The molecule has 0 spiro atoms. The van der Waals surface area contributed by atoms with Crippen LogP contribution in [0.2, 0.25) is 5.02 Å². The average Bonchev–Trinajstić information content (AvgIpc) is 2.27. The summed E-state index contributed by atoms with van der Waals surface area (Å²) in [5.41, 5.74) is 8.38. The molecule has 2 aromatic carbocycles. The van der Waals surface area contributed by atoms with E-state index in [2.05, 4.69) is 50.5 Å². The number of halogens is 3. The molecule has 0 amide bonds. The third-order valence-corrected chi connectivity index (χ3v) is 4.08. The van der Waals surface area contributed by atoms with Crippen molar-refractivity contribution in [1.82, 2.24) is 0 Å². The number of nitrogen functional groups attached to an aromatic ring is 1. The topological polar surface area (TPSA) is 38.0 Å². The van der Waals surface area contributed by atoms with Gasteiger partial charge < -0.3 is 11.1 Å². The Kier molecular flexibility index (Phi) is 4.37. The van der Waals surface area contributed by atoms with Crippen LogP contribution in [0, 0.1) is 7.14 Å². The molecule has 0 saturated heterocycles. The summed E-state index contributed by atoms with van der Waals surface area (Å²) in [6, 6.07) is 11.6. The lowest BCUT2D eigenvalue weighted by atomic mass is 10.2. The van der Waals surface area contributed by atoms with Crippen molar-refractivity contribution in [1.29, 1.82) is 0 Å². The molecule has 88 valence electrons. The maximum Gasteiger partial charge on any atom is 0.0641 e. The molecule has 0 atom stereocenters. The molecule has 0 unspecified atom stereocenters. The second kappa shape index (κ2) is 5.62. The van der Waals surface area contributed by atoms with Crippen molar-refractivity contribution in [2.24, 2.45) is 0 Å². The van der Waals surface area contributed by atoms with Crippen molar-refractivity contribution in [2.75, 3.05) is 11.1 Å². The maximum atomic E-state index is 6.14. The van der Waals surface area contributed by atoms with Gasteiger partial charge in [0.2, 0.25) is 0 Å². The van der Waals surface area contributed by atoms with E-state index in [0.29, 0.717) is 5.02 Å². The molecule has 0 aromatic heterocycles. The third-order valence-electron chi connectivity index (χ3n) is 2.19. The fourth-order valence-corrected chi connectivity index (χ4v) is 2.70. The Balaban J connectivity index is 2.34. The minimum atomic E-state index is 0.707. The van der Waals surface area contributed by atoms with E-state index in [9.17, 15) is 0 Å². The first-order chi connectivity index (χ1) is 8.06. The molecule has 17 heavy (non-hydrogen) atoms. The summed E-state index contributed by atoms with van der Waals surface area (Å²) in [4.78, 5) is 0. The number of nitrogens with one attached hydrogen (secondary N) is 1. The van der Waals surface area contributed by atoms with Crippen molar-refractivity contribution < 1.29 is 0 Å². The first kappa shape index (κ1) is 13.2. The molecule has 0 aliphatic carbocycles. The van der Waals surface area contributed by atoms with Crippen LogP contribution in [0.25, 0.3) is 0 Å². The van der Waals surface area contributed by atoms with E-state index in [1.165, 1.54) is 0 Å². The molecule has 0 aliphatic rings. The first-order valence-electron chi connectivity index (χ1n) is 4.83. The van der Waals surface area contributed by atoms with Crippen LogP contribution in [0.5, 0.6) is 0 Å². The Hall–Kier alpha value is -0.210. The monoisotopic (exact) mass is 470 g/mol. The lowest BCUT2D eigenvalue weighted by molar-refractivity contribution is 1.51. The summed E-state index contributed by atoms with van der Waals surface area (Å²) in [5.74, 6) is 0. The normalized spacial score (nSPS) is 10.3. The molecule has 2 rings (SSSR count). The zero-order valence-corrected chi connectivity index (χ0v) is 13.7. The van der Waals surface area contributed by atoms with Crippen molar-refractivity contribution in [3.8, 4) is 0 Å². The lowest BCUT2D eigenvalue weighted by Crippen LogP contribution is -1.95. The summed E-state index contributed by atoms with van der Waals surface area (Å²) >= 11 is 10.6. The average molecular weight is 470 g/mol. The number of hydrogen-bond acceptors (Lipinski definition) is 2. The molecule has 0 aliphatic heterocycles. The van der Waals surface area contributed by atoms with Gasteiger partial charge in [0.1, 0.15) is 0 Å². The number of rotatable bonds is 2. The van der Waals surface area contributed by atoms with Crippen molar-refractivity contribution in [2.45, 2.75) is 0 Å². The lowest BCUT2D eigenvalue weighted by Gasteiger charge is -2.11. The van der Waals surface area contributed by atoms with E-state index in [1.807, 2.05) is 36.4 Å². The maximum absolute atomic E-state index is 6.14. The summed E-state index contributed by atoms with van der Waals surface area (Å²) in [5, 5.41) is 4.02. The first-order valence-corrected chi connectivity index (χ1v) is 7.37. The van der Waals surface area contributed by atoms with E-state index in [-0.39, 0.29) is 0 Å².